The summed E-state index contributed by atoms with van der Waals surface area (Å²) in [6.45, 7) is 6.06. The summed E-state index contributed by atoms with van der Waals surface area (Å²) in [6.07, 6.45) is 0. The Labute approximate surface area is 126 Å². The van der Waals surface area contributed by atoms with Gasteiger partial charge in [0.05, 0.1) is 0 Å². The number of aryl methyl sites for hydroxylation is 2. The lowest BCUT2D eigenvalue weighted by Gasteiger charge is -2.12. The summed E-state index contributed by atoms with van der Waals surface area (Å²) in [5.74, 6) is 1.81. The van der Waals surface area contributed by atoms with Crippen LogP contribution in [0.4, 0.5) is 0 Å². The Hall–Kier alpha value is -2.00. The Balaban J connectivity index is 1.83. The van der Waals surface area contributed by atoms with Crippen molar-refractivity contribution in [3.63, 3.8) is 0 Å². The molecule has 0 aliphatic carbocycles. The maximum absolute atomic E-state index is 5.80. The highest BCUT2D eigenvalue weighted by Gasteiger charge is 2.02. The number of para-hydroxylation sites is 1. The molecule has 1 N–H and O–H groups in total. The predicted octanol–water partition coefficient (Wildman–Crippen LogP) is 3.48. The smallest absolute Gasteiger partial charge is 0.123 e. The maximum atomic E-state index is 5.80. The number of rotatable bonds is 7. The van der Waals surface area contributed by atoms with Gasteiger partial charge in [-0.25, -0.2) is 0 Å². The van der Waals surface area contributed by atoms with Gasteiger partial charge in [-0.2, -0.15) is 0 Å². The molecule has 0 heterocycles. The summed E-state index contributed by atoms with van der Waals surface area (Å²) < 4.78 is 11.5. The van der Waals surface area contributed by atoms with Crippen LogP contribution in [0.25, 0.3) is 0 Å². The van der Waals surface area contributed by atoms with E-state index >= 15 is 0 Å². The third-order valence-electron chi connectivity index (χ3n) is 3.43. The molecule has 3 heteroatoms. The summed E-state index contributed by atoms with van der Waals surface area (Å²) in [7, 11) is 1.93. The van der Waals surface area contributed by atoms with Crippen LogP contribution in [0.1, 0.15) is 16.7 Å². The van der Waals surface area contributed by atoms with E-state index in [9.17, 15) is 0 Å². The van der Waals surface area contributed by atoms with Gasteiger partial charge in [-0.15, -0.1) is 0 Å². The van der Waals surface area contributed by atoms with Crippen LogP contribution in [0.3, 0.4) is 0 Å². The van der Waals surface area contributed by atoms with Gasteiger partial charge in [-0.05, 0) is 50.2 Å². The minimum atomic E-state index is 0.535. The van der Waals surface area contributed by atoms with Gasteiger partial charge in [0.2, 0.25) is 0 Å². The van der Waals surface area contributed by atoms with E-state index in [0.717, 1.165) is 23.6 Å². The second kappa shape index (κ2) is 7.70. The summed E-state index contributed by atoms with van der Waals surface area (Å²) >= 11 is 0. The van der Waals surface area contributed by atoms with Crippen LogP contribution in [0.15, 0.2) is 42.5 Å². The van der Waals surface area contributed by atoms with Gasteiger partial charge in [-0.1, -0.05) is 24.3 Å². The SMILES string of the molecule is CNCc1ccccc1OCCOc1ccc(C)c(C)c1. The van der Waals surface area contributed by atoms with Crippen LogP contribution in [-0.2, 0) is 6.54 Å². The van der Waals surface area contributed by atoms with Crippen molar-refractivity contribution in [3.8, 4) is 11.5 Å². The zero-order valence-corrected chi connectivity index (χ0v) is 13.0. The quantitative estimate of drug-likeness (QED) is 0.790. The highest BCUT2D eigenvalue weighted by atomic mass is 16.5. The Morgan fingerprint density at radius 2 is 1.67 bits per heavy atom. The normalized spacial score (nSPS) is 10.4. The lowest BCUT2D eigenvalue weighted by Crippen LogP contribution is -2.12. The van der Waals surface area contributed by atoms with Gasteiger partial charge in [0, 0.05) is 12.1 Å². The van der Waals surface area contributed by atoms with Crippen molar-refractivity contribution in [1.82, 2.24) is 5.32 Å². The molecule has 21 heavy (non-hydrogen) atoms. The van der Waals surface area contributed by atoms with Crippen LogP contribution < -0.4 is 14.8 Å². The highest BCUT2D eigenvalue weighted by molar-refractivity contribution is 5.34. The number of nitrogens with one attached hydrogen (secondary N) is 1. The highest BCUT2D eigenvalue weighted by Crippen LogP contribution is 2.18. The van der Waals surface area contributed by atoms with E-state index in [4.69, 9.17) is 9.47 Å². The second-order valence-corrected chi connectivity index (χ2v) is 5.08. The van der Waals surface area contributed by atoms with E-state index in [0.29, 0.717) is 13.2 Å². The molecular weight excluding hydrogens is 262 g/mol. The van der Waals surface area contributed by atoms with E-state index in [1.54, 1.807) is 0 Å². The van der Waals surface area contributed by atoms with Crippen molar-refractivity contribution in [2.24, 2.45) is 0 Å². The summed E-state index contributed by atoms with van der Waals surface area (Å²) in [5.41, 5.74) is 3.68. The van der Waals surface area contributed by atoms with Gasteiger partial charge in [0.25, 0.3) is 0 Å². The minimum Gasteiger partial charge on any atom is -0.490 e. The van der Waals surface area contributed by atoms with Gasteiger partial charge < -0.3 is 14.8 Å². The summed E-state index contributed by atoms with van der Waals surface area (Å²) in [6, 6.07) is 14.2. The average molecular weight is 285 g/mol. The molecule has 0 spiro atoms. The van der Waals surface area contributed by atoms with Crippen LogP contribution in [0.2, 0.25) is 0 Å². The van der Waals surface area contributed by atoms with E-state index in [-0.39, 0.29) is 0 Å². The summed E-state index contributed by atoms with van der Waals surface area (Å²) in [5, 5.41) is 3.14. The van der Waals surface area contributed by atoms with Crippen molar-refractivity contribution in [2.75, 3.05) is 20.3 Å². The molecular formula is C18H23NO2. The zero-order valence-electron chi connectivity index (χ0n) is 13.0. The van der Waals surface area contributed by atoms with Crippen molar-refractivity contribution in [3.05, 3.63) is 59.2 Å². The molecule has 0 fully saturated rings. The largest absolute Gasteiger partial charge is 0.490 e. The fraction of sp³-hybridized carbons (Fsp3) is 0.333. The van der Waals surface area contributed by atoms with Gasteiger partial charge in [0.1, 0.15) is 24.7 Å². The lowest BCUT2D eigenvalue weighted by atomic mass is 10.1. The van der Waals surface area contributed by atoms with Crippen molar-refractivity contribution < 1.29 is 9.47 Å². The molecule has 0 bridgehead atoms. The first-order valence-corrected chi connectivity index (χ1v) is 7.26. The number of hydrogen-bond donors (Lipinski definition) is 1. The van der Waals surface area contributed by atoms with Crippen molar-refractivity contribution in [2.45, 2.75) is 20.4 Å². The molecule has 0 unspecified atom stereocenters. The average Bonchev–Trinajstić information content (AvgIpc) is 2.49. The zero-order chi connectivity index (χ0) is 15.1. The third kappa shape index (κ3) is 4.50. The molecule has 112 valence electrons. The monoisotopic (exact) mass is 285 g/mol. The molecule has 0 saturated carbocycles. The molecule has 0 aliphatic rings. The van der Waals surface area contributed by atoms with Crippen LogP contribution in [0, 0.1) is 13.8 Å². The third-order valence-corrected chi connectivity index (χ3v) is 3.43. The predicted molar refractivity (Wildman–Crippen MR) is 86.1 cm³/mol. The Kier molecular flexibility index (Phi) is 5.64. The van der Waals surface area contributed by atoms with E-state index in [2.05, 4.69) is 37.4 Å². The fourth-order valence-electron chi connectivity index (χ4n) is 2.10. The molecule has 0 atom stereocenters. The molecule has 0 aromatic heterocycles. The number of ether oxygens (including phenoxy) is 2. The van der Waals surface area contributed by atoms with Crippen LogP contribution >= 0.6 is 0 Å². The van der Waals surface area contributed by atoms with Crippen LogP contribution in [0.5, 0.6) is 11.5 Å². The lowest BCUT2D eigenvalue weighted by molar-refractivity contribution is 0.215. The van der Waals surface area contributed by atoms with Crippen molar-refractivity contribution in [1.29, 1.82) is 0 Å². The van der Waals surface area contributed by atoms with Gasteiger partial charge in [-0.3, -0.25) is 0 Å². The number of benzene rings is 2. The fourth-order valence-corrected chi connectivity index (χ4v) is 2.10. The number of hydrogen-bond acceptors (Lipinski definition) is 3. The minimum absolute atomic E-state index is 0.535. The molecule has 0 saturated heterocycles. The van der Waals surface area contributed by atoms with Gasteiger partial charge >= 0.3 is 0 Å². The second-order valence-electron chi connectivity index (χ2n) is 5.08. The first kappa shape index (κ1) is 15.4. The van der Waals surface area contributed by atoms with E-state index < -0.39 is 0 Å². The molecule has 2 rings (SSSR count). The Morgan fingerprint density at radius 1 is 0.905 bits per heavy atom. The molecule has 0 aliphatic heterocycles. The first-order valence-electron chi connectivity index (χ1n) is 7.26. The maximum Gasteiger partial charge on any atom is 0.123 e. The topological polar surface area (TPSA) is 30.5 Å². The molecule has 2 aromatic carbocycles. The van der Waals surface area contributed by atoms with Crippen molar-refractivity contribution >= 4 is 0 Å². The van der Waals surface area contributed by atoms with E-state index in [1.165, 1.54) is 11.1 Å². The molecule has 2 aromatic rings. The molecule has 0 radical (unpaired) electrons. The standard InChI is InChI=1S/C18H23NO2/c1-14-8-9-17(12-15(14)2)20-10-11-21-18-7-5-4-6-16(18)13-19-3/h4-9,12,19H,10-11,13H2,1-3H3. The first-order chi connectivity index (χ1) is 10.2. The molecule has 0 amide bonds. The Morgan fingerprint density at radius 3 is 2.43 bits per heavy atom. The van der Waals surface area contributed by atoms with Gasteiger partial charge in [0.15, 0.2) is 0 Å². The van der Waals surface area contributed by atoms with Crippen LogP contribution in [-0.4, -0.2) is 20.3 Å². The van der Waals surface area contributed by atoms with E-state index in [1.807, 2.05) is 31.3 Å². The Bertz CT molecular complexity index is 581. The summed E-state index contributed by atoms with van der Waals surface area (Å²) in [4.78, 5) is 0. The molecule has 3 nitrogen and oxygen atoms in total.